The van der Waals surface area contributed by atoms with Crippen LogP contribution in [0.1, 0.15) is 26.5 Å². The van der Waals surface area contributed by atoms with Crippen LogP contribution in [0.4, 0.5) is 13.2 Å². The summed E-state index contributed by atoms with van der Waals surface area (Å²) in [5.41, 5.74) is -1.06. The highest BCUT2D eigenvalue weighted by molar-refractivity contribution is 7.99. The maximum absolute atomic E-state index is 12.6. The van der Waals surface area contributed by atoms with Crippen molar-refractivity contribution >= 4 is 23.6 Å². The van der Waals surface area contributed by atoms with Gasteiger partial charge in [0.25, 0.3) is 0 Å². The third-order valence-electron chi connectivity index (χ3n) is 2.77. The lowest BCUT2D eigenvalue weighted by Crippen LogP contribution is -2.43. The minimum atomic E-state index is -4.56. The molecule has 1 N–H and O–H groups in total. The van der Waals surface area contributed by atoms with E-state index in [9.17, 15) is 22.8 Å². The van der Waals surface area contributed by atoms with Crippen LogP contribution in [0.15, 0.2) is 17.4 Å². The van der Waals surface area contributed by atoms with E-state index in [-0.39, 0.29) is 35.3 Å². The number of likely N-dealkylation sites (N-methyl/N-ethyl adjacent to an activating group) is 1. The van der Waals surface area contributed by atoms with Crippen molar-refractivity contribution in [3.05, 3.63) is 18.0 Å². The Morgan fingerprint density at radius 1 is 1.38 bits per heavy atom. The maximum atomic E-state index is 12.6. The molecule has 0 atom stereocenters. The molecule has 0 unspecified atom stereocenters. The van der Waals surface area contributed by atoms with Gasteiger partial charge in [0.05, 0.1) is 12.3 Å². The van der Waals surface area contributed by atoms with Gasteiger partial charge in [-0.2, -0.15) is 13.2 Å². The number of amides is 2. The number of hydrogen-bond donors (Lipinski definition) is 1. The van der Waals surface area contributed by atoms with Crippen molar-refractivity contribution < 1.29 is 22.8 Å². The SMILES string of the molecule is CCN(CC(=O)NC(C)C)C(=O)CSc1nccc(C(F)(F)F)n1. The molecule has 0 fully saturated rings. The summed E-state index contributed by atoms with van der Waals surface area (Å²) in [6.45, 7) is 5.53. The molecular weight excluding hydrogens is 345 g/mol. The summed E-state index contributed by atoms with van der Waals surface area (Å²) >= 11 is 0.798. The van der Waals surface area contributed by atoms with Crippen LogP contribution < -0.4 is 5.32 Å². The van der Waals surface area contributed by atoms with Crippen LogP contribution in [0, 0.1) is 0 Å². The van der Waals surface area contributed by atoms with Crippen LogP contribution in [0.3, 0.4) is 0 Å². The first-order valence-corrected chi connectivity index (χ1v) is 8.22. The van der Waals surface area contributed by atoms with E-state index in [0.717, 1.165) is 24.0 Å². The zero-order valence-electron chi connectivity index (χ0n) is 13.6. The zero-order valence-corrected chi connectivity index (χ0v) is 14.4. The van der Waals surface area contributed by atoms with E-state index in [1.54, 1.807) is 20.8 Å². The van der Waals surface area contributed by atoms with E-state index in [2.05, 4.69) is 15.3 Å². The van der Waals surface area contributed by atoms with Gasteiger partial charge in [-0.15, -0.1) is 0 Å². The van der Waals surface area contributed by atoms with Crippen LogP contribution in [0.5, 0.6) is 0 Å². The fourth-order valence-electron chi connectivity index (χ4n) is 1.70. The number of nitrogens with zero attached hydrogens (tertiary/aromatic N) is 3. The van der Waals surface area contributed by atoms with Crippen molar-refractivity contribution in [2.75, 3.05) is 18.8 Å². The maximum Gasteiger partial charge on any atom is 0.433 e. The summed E-state index contributed by atoms with van der Waals surface area (Å²) in [7, 11) is 0. The summed E-state index contributed by atoms with van der Waals surface area (Å²) in [5.74, 6) is -0.813. The average molecular weight is 364 g/mol. The van der Waals surface area contributed by atoms with Crippen LogP contribution in [0.25, 0.3) is 0 Å². The number of carbonyl (C=O) groups excluding carboxylic acids is 2. The predicted octanol–water partition coefficient (Wildman–Crippen LogP) is 1.96. The van der Waals surface area contributed by atoms with Crippen molar-refractivity contribution in [3.8, 4) is 0 Å². The van der Waals surface area contributed by atoms with Crippen molar-refractivity contribution in [3.63, 3.8) is 0 Å². The molecule has 6 nitrogen and oxygen atoms in total. The van der Waals surface area contributed by atoms with Gasteiger partial charge in [-0.1, -0.05) is 11.8 Å². The molecule has 0 saturated heterocycles. The smallest absolute Gasteiger partial charge is 0.352 e. The molecule has 24 heavy (non-hydrogen) atoms. The van der Waals surface area contributed by atoms with Crippen molar-refractivity contribution in [2.45, 2.75) is 38.1 Å². The van der Waals surface area contributed by atoms with E-state index in [1.807, 2.05) is 0 Å². The average Bonchev–Trinajstić information content (AvgIpc) is 2.49. The fraction of sp³-hybridized carbons (Fsp3) is 0.571. The second-order valence-corrected chi connectivity index (χ2v) is 6.08. The Labute approximate surface area is 142 Å². The highest BCUT2D eigenvalue weighted by atomic mass is 32.2. The first-order valence-electron chi connectivity index (χ1n) is 7.23. The number of nitrogens with one attached hydrogen (secondary N) is 1. The third-order valence-corrected chi connectivity index (χ3v) is 3.61. The summed E-state index contributed by atoms with van der Waals surface area (Å²) in [4.78, 5) is 32.2. The van der Waals surface area contributed by atoms with Gasteiger partial charge >= 0.3 is 6.18 Å². The van der Waals surface area contributed by atoms with Crippen LogP contribution in [0.2, 0.25) is 0 Å². The number of halogens is 3. The van der Waals surface area contributed by atoms with Gasteiger partial charge in [0, 0.05) is 18.8 Å². The van der Waals surface area contributed by atoms with Crippen LogP contribution >= 0.6 is 11.8 Å². The second-order valence-electron chi connectivity index (χ2n) is 5.14. The molecule has 1 aromatic rings. The molecule has 10 heteroatoms. The van der Waals surface area contributed by atoms with Crippen LogP contribution in [-0.4, -0.2) is 51.6 Å². The lowest BCUT2D eigenvalue weighted by atomic mass is 10.3. The van der Waals surface area contributed by atoms with Crippen molar-refractivity contribution in [1.82, 2.24) is 20.2 Å². The van der Waals surface area contributed by atoms with Crippen molar-refractivity contribution in [2.24, 2.45) is 0 Å². The van der Waals surface area contributed by atoms with Crippen molar-refractivity contribution in [1.29, 1.82) is 0 Å². The minimum absolute atomic E-state index is 0.0424. The lowest BCUT2D eigenvalue weighted by Gasteiger charge is -2.20. The lowest BCUT2D eigenvalue weighted by molar-refractivity contribution is -0.141. The summed E-state index contributed by atoms with van der Waals surface area (Å²) in [6, 6.07) is 0.722. The van der Waals surface area contributed by atoms with Gasteiger partial charge in [0.15, 0.2) is 5.16 Å². The molecule has 0 radical (unpaired) electrons. The number of hydrogen-bond acceptors (Lipinski definition) is 5. The highest BCUT2D eigenvalue weighted by Gasteiger charge is 2.32. The Morgan fingerprint density at radius 2 is 2.04 bits per heavy atom. The van der Waals surface area contributed by atoms with Gasteiger partial charge in [-0.05, 0) is 26.8 Å². The quantitative estimate of drug-likeness (QED) is 0.591. The largest absolute Gasteiger partial charge is 0.433 e. The first-order chi connectivity index (χ1) is 11.1. The van der Waals surface area contributed by atoms with Gasteiger partial charge in [0.1, 0.15) is 5.69 Å². The van der Waals surface area contributed by atoms with E-state index in [4.69, 9.17) is 0 Å². The van der Waals surface area contributed by atoms with E-state index in [1.165, 1.54) is 4.90 Å². The van der Waals surface area contributed by atoms with Crippen LogP contribution in [-0.2, 0) is 15.8 Å². The van der Waals surface area contributed by atoms with E-state index in [0.29, 0.717) is 6.54 Å². The number of carbonyl (C=O) groups is 2. The number of aromatic nitrogens is 2. The molecule has 0 saturated carbocycles. The molecule has 0 bridgehead atoms. The van der Waals surface area contributed by atoms with Gasteiger partial charge in [-0.3, -0.25) is 9.59 Å². The third kappa shape index (κ3) is 6.73. The molecule has 2 amide bonds. The van der Waals surface area contributed by atoms with Gasteiger partial charge in [0.2, 0.25) is 11.8 Å². The molecule has 0 spiro atoms. The Morgan fingerprint density at radius 3 is 2.58 bits per heavy atom. The molecular formula is C14H19F3N4O2S. The van der Waals surface area contributed by atoms with Gasteiger partial charge < -0.3 is 10.2 Å². The molecule has 1 aromatic heterocycles. The topological polar surface area (TPSA) is 75.2 Å². The summed E-state index contributed by atoms with van der Waals surface area (Å²) < 4.78 is 37.7. The molecule has 0 aliphatic carbocycles. The molecule has 0 aliphatic rings. The molecule has 1 rings (SSSR count). The normalized spacial score (nSPS) is 11.5. The Balaban J connectivity index is 2.62. The summed E-state index contributed by atoms with van der Waals surface area (Å²) in [6.07, 6.45) is -3.57. The zero-order chi connectivity index (χ0) is 18.3. The second kappa shape index (κ2) is 8.86. The number of rotatable bonds is 7. The molecule has 134 valence electrons. The first kappa shape index (κ1) is 20.2. The highest BCUT2D eigenvalue weighted by Crippen LogP contribution is 2.28. The standard InChI is InChI=1S/C14H19F3N4O2S/c1-4-21(7-11(22)19-9(2)3)12(23)8-24-13-18-6-5-10(20-13)14(15,16)17/h5-6,9H,4,7-8H2,1-3H3,(H,19,22). The summed E-state index contributed by atoms with van der Waals surface area (Å²) in [5, 5.41) is 2.53. The Kier molecular flexibility index (Phi) is 7.46. The fourth-order valence-corrected chi connectivity index (χ4v) is 2.44. The Hall–Kier alpha value is -1.84. The predicted molar refractivity (Wildman–Crippen MR) is 83.3 cm³/mol. The molecule has 0 aromatic carbocycles. The molecule has 1 heterocycles. The number of thioether (sulfide) groups is 1. The minimum Gasteiger partial charge on any atom is -0.352 e. The van der Waals surface area contributed by atoms with E-state index >= 15 is 0 Å². The number of alkyl halides is 3. The molecule has 0 aliphatic heterocycles. The monoisotopic (exact) mass is 364 g/mol. The van der Waals surface area contributed by atoms with Gasteiger partial charge in [-0.25, -0.2) is 9.97 Å². The Bertz CT molecular complexity index is 581. The van der Waals surface area contributed by atoms with E-state index < -0.39 is 11.9 Å².